The van der Waals surface area contributed by atoms with Crippen molar-refractivity contribution < 1.29 is 19.7 Å². The van der Waals surface area contributed by atoms with E-state index in [0.29, 0.717) is 6.10 Å². The van der Waals surface area contributed by atoms with Crippen molar-refractivity contribution in [1.82, 2.24) is 4.90 Å². The number of aliphatic hydroxyl groups is 2. The van der Waals surface area contributed by atoms with Crippen molar-refractivity contribution in [2.45, 2.75) is 120 Å². The number of rotatable bonds is 9. The highest BCUT2D eigenvalue weighted by Gasteiger charge is 2.61. The molecule has 4 atom stereocenters. The van der Waals surface area contributed by atoms with Gasteiger partial charge in [-0.1, -0.05) is 41.0 Å². The molecular formula is C25H46N2O4S2. The van der Waals surface area contributed by atoms with Crippen molar-refractivity contribution in [3.8, 4) is 0 Å². The van der Waals surface area contributed by atoms with Gasteiger partial charge in [-0.2, -0.15) is 0 Å². The van der Waals surface area contributed by atoms with E-state index in [1.807, 2.05) is 10.8 Å². The highest BCUT2D eigenvalue weighted by atomic mass is 33.1. The smallest absolute Gasteiger partial charge is 0.194 e. The van der Waals surface area contributed by atoms with Crippen molar-refractivity contribution in [3.05, 3.63) is 11.6 Å². The van der Waals surface area contributed by atoms with Gasteiger partial charge in [0.15, 0.2) is 11.6 Å². The monoisotopic (exact) mass is 502 g/mol. The maximum Gasteiger partial charge on any atom is 0.194 e. The van der Waals surface area contributed by atoms with Crippen LogP contribution in [0.25, 0.3) is 0 Å². The first-order chi connectivity index (χ1) is 15.5. The lowest BCUT2D eigenvalue weighted by atomic mass is 9.89. The van der Waals surface area contributed by atoms with E-state index in [2.05, 4.69) is 35.6 Å². The van der Waals surface area contributed by atoms with Crippen LogP contribution >= 0.6 is 21.6 Å². The SMILES string of the molecule is CC(C)(O)O.CC/C=C(/CCCCC1CCSS1)C12CC(O1)C(CN1CCC(C)(N)CC1)O2. The molecule has 5 aliphatic rings. The van der Waals surface area contributed by atoms with Gasteiger partial charge in [-0.25, -0.2) is 0 Å². The van der Waals surface area contributed by atoms with Crippen molar-refractivity contribution in [2.75, 3.05) is 25.4 Å². The van der Waals surface area contributed by atoms with Crippen molar-refractivity contribution in [1.29, 1.82) is 0 Å². The van der Waals surface area contributed by atoms with Gasteiger partial charge in [-0.15, -0.1) is 0 Å². The second kappa shape index (κ2) is 12.0. The Hall–Kier alpha value is 0.200. The molecule has 0 radical (unpaired) electrons. The van der Waals surface area contributed by atoms with E-state index in [9.17, 15) is 0 Å². The van der Waals surface area contributed by atoms with E-state index in [0.717, 1.165) is 57.0 Å². The summed E-state index contributed by atoms with van der Waals surface area (Å²) < 4.78 is 12.9. The van der Waals surface area contributed by atoms with Gasteiger partial charge < -0.3 is 30.3 Å². The summed E-state index contributed by atoms with van der Waals surface area (Å²) in [6, 6.07) is 0. The number of allylic oxidation sites excluding steroid dienone is 1. The van der Waals surface area contributed by atoms with Crippen molar-refractivity contribution >= 4 is 21.6 Å². The van der Waals surface area contributed by atoms with Crippen LogP contribution in [-0.4, -0.2) is 75.1 Å². The summed E-state index contributed by atoms with van der Waals surface area (Å²) >= 11 is 0. The summed E-state index contributed by atoms with van der Waals surface area (Å²) in [5, 5.41) is 17.0. The van der Waals surface area contributed by atoms with Crippen LogP contribution < -0.4 is 5.73 Å². The van der Waals surface area contributed by atoms with Gasteiger partial charge in [-0.3, -0.25) is 0 Å². The first kappa shape index (κ1) is 27.8. The zero-order valence-electron chi connectivity index (χ0n) is 21.1. The highest BCUT2D eigenvalue weighted by Crippen LogP contribution is 2.51. The van der Waals surface area contributed by atoms with Crippen LogP contribution in [0.3, 0.4) is 0 Å². The number of hydrogen-bond donors (Lipinski definition) is 3. The fourth-order valence-corrected chi connectivity index (χ4v) is 8.02. The van der Waals surface area contributed by atoms with Crippen LogP contribution in [0.5, 0.6) is 0 Å². The molecule has 0 aliphatic carbocycles. The van der Waals surface area contributed by atoms with Crippen molar-refractivity contribution in [2.24, 2.45) is 5.73 Å². The summed E-state index contributed by atoms with van der Waals surface area (Å²) in [4.78, 5) is 2.53. The molecule has 0 spiro atoms. The maximum absolute atomic E-state index is 8.08. The molecule has 4 N–H and O–H groups in total. The van der Waals surface area contributed by atoms with Crippen LogP contribution in [0.2, 0.25) is 0 Å². The molecule has 5 fully saturated rings. The van der Waals surface area contributed by atoms with Gasteiger partial charge in [-0.05, 0) is 84.4 Å². The molecule has 5 heterocycles. The second-order valence-corrected chi connectivity index (χ2v) is 13.7. The van der Waals surface area contributed by atoms with Crippen LogP contribution in [0.4, 0.5) is 0 Å². The minimum absolute atomic E-state index is 0.0135. The first-order valence-corrected chi connectivity index (χ1v) is 15.2. The fourth-order valence-electron chi connectivity index (χ4n) is 4.99. The summed E-state index contributed by atoms with van der Waals surface area (Å²) in [6.45, 7) is 10.2. The minimum atomic E-state index is -1.50. The van der Waals surface area contributed by atoms with Gasteiger partial charge in [0.05, 0.1) is 6.10 Å². The van der Waals surface area contributed by atoms with Crippen molar-refractivity contribution in [3.63, 3.8) is 0 Å². The Morgan fingerprint density at radius 3 is 2.45 bits per heavy atom. The quantitative estimate of drug-likeness (QED) is 0.185. The molecule has 6 nitrogen and oxygen atoms in total. The maximum atomic E-state index is 8.08. The lowest BCUT2D eigenvalue weighted by molar-refractivity contribution is -0.216. The van der Waals surface area contributed by atoms with E-state index < -0.39 is 5.79 Å². The molecular weight excluding hydrogens is 456 g/mol. The number of hydrogen-bond acceptors (Lipinski definition) is 8. The van der Waals surface area contributed by atoms with Crippen LogP contribution in [-0.2, 0) is 9.47 Å². The molecule has 5 rings (SSSR count). The summed E-state index contributed by atoms with van der Waals surface area (Å²) in [6.07, 6.45) is 13.7. The number of likely N-dealkylation sites (tertiary alicyclic amines) is 1. The third kappa shape index (κ3) is 8.67. The fraction of sp³-hybridized carbons (Fsp3) is 0.920. The first-order valence-electron chi connectivity index (χ1n) is 12.8. The normalized spacial score (nSPS) is 34.0. The van der Waals surface area contributed by atoms with Gasteiger partial charge in [0.2, 0.25) is 0 Å². The molecule has 8 heteroatoms. The van der Waals surface area contributed by atoms with Crippen LogP contribution in [0.15, 0.2) is 11.6 Å². The highest BCUT2D eigenvalue weighted by molar-refractivity contribution is 8.77. The van der Waals surface area contributed by atoms with E-state index in [1.54, 1.807) is 0 Å². The third-order valence-electron chi connectivity index (χ3n) is 6.89. The average Bonchev–Trinajstić information content (AvgIpc) is 3.40. The molecule has 0 aromatic carbocycles. The largest absolute Gasteiger partial charge is 0.366 e. The van der Waals surface area contributed by atoms with Gasteiger partial charge in [0.1, 0.15) is 6.10 Å². The Balaban J connectivity index is 0.000000555. The van der Waals surface area contributed by atoms with Gasteiger partial charge in [0.25, 0.3) is 0 Å². The number of unbranched alkanes of at least 4 members (excludes halogenated alkanes) is 1. The lowest BCUT2D eigenvalue weighted by Gasteiger charge is -2.39. The number of ether oxygens (including phenoxy) is 2. The molecule has 0 amide bonds. The number of fused-ring (bicyclic) bond motifs is 1. The predicted octanol–water partition coefficient (Wildman–Crippen LogP) is 4.44. The van der Waals surface area contributed by atoms with Crippen LogP contribution in [0, 0.1) is 0 Å². The number of nitrogens with zero attached hydrogens (tertiary/aromatic N) is 1. The zero-order chi connectivity index (χ0) is 24.1. The molecule has 0 saturated carbocycles. The predicted molar refractivity (Wildman–Crippen MR) is 139 cm³/mol. The lowest BCUT2D eigenvalue weighted by Crippen LogP contribution is -2.50. The Kier molecular flexibility index (Phi) is 10.1. The molecule has 2 bridgehead atoms. The summed E-state index contributed by atoms with van der Waals surface area (Å²) in [5.74, 6) is -0.549. The minimum Gasteiger partial charge on any atom is -0.366 e. The average molecular weight is 503 g/mol. The molecule has 4 unspecified atom stereocenters. The second-order valence-electron chi connectivity index (χ2n) is 10.9. The molecule has 5 aliphatic heterocycles. The Morgan fingerprint density at radius 1 is 1.21 bits per heavy atom. The Morgan fingerprint density at radius 2 is 1.88 bits per heavy atom. The standard InChI is InChI=1S/C22H38N2O2S2.C3H8O2/c1-3-6-17(7-4-5-8-18-9-14-27-28-18)22-15-19(25-22)20(26-22)16-24-12-10-21(2,23)11-13-24;1-3(2,4)5/h6,18-20H,3-5,7-16,23H2,1-2H3;4-5H,1-2H3/b17-6-;. The van der Waals surface area contributed by atoms with E-state index in [-0.39, 0.29) is 17.4 Å². The third-order valence-corrected chi connectivity index (χ3v) is 9.90. The van der Waals surface area contributed by atoms with Gasteiger partial charge >= 0.3 is 0 Å². The molecule has 0 aromatic heterocycles. The van der Waals surface area contributed by atoms with Crippen LogP contribution in [0.1, 0.15) is 85.5 Å². The molecule has 192 valence electrons. The summed E-state index contributed by atoms with van der Waals surface area (Å²) in [7, 11) is 4.15. The Labute approximate surface area is 208 Å². The number of piperidine rings is 1. The Bertz CT molecular complexity index is 625. The molecule has 33 heavy (non-hydrogen) atoms. The van der Waals surface area contributed by atoms with E-state index >= 15 is 0 Å². The van der Waals surface area contributed by atoms with Gasteiger partial charge in [0, 0.05) is 29.5 Å². The van der Waals surface area contributed by atoms with E-state index in [1.165, 1.54) is 50.9 Å². The zero-order valence-corrected chi connectivity index (χ0v) is 22.7. The number of nitrogens with two attached hydrogens (primary N) is 1. The molecule has 0 aromatic rings. The molecule has 5 saturated heterocycles. The summed E-state index contributed by atoms with van der Waals surface area (Å²) in [5.41, 5.74) is 7.71. The topological polar surface area (TPSA) is 88.2 Å². The van der Waals surface area contributed by atoms with E-state index in [4.69, 9.17) is 25.4 Å².